The molecule has 0 heterocycles. The Labute approximate surface area is 148 Å². The summed E-state index contributed by atoms with van der Waals surface area (Å²) in [6.07, 6.45) is 0.392. The molecule has 0 bridgehead atoms. The van der Waals surface area contributed by atoms with Gasteiger partial charge in [-0.25, -0.2) is 8.78 Å². The molecule has 7 heteroatoms. The van der Waals surface area contributed by atoms with E-state index < -0.39 is 29.4 Å². The van der Waals surface area contributed by atoms with Crippen molar-refractivity contribution >= 4 is 29.1 Å². The minimum atomic E-state index is -0.853. The summed E-state index contributed by atoms with van der Waals surface area (Å²) < 4.78 is 26.4. The Kier molecular flexibility index (Phi) is 4.99. The molecule has 25 heavy (non-hydrogen) atoms. The van der Waals surface area contributed by atoms with Gasteiger partial charge in [0.15, 0.2) is 0 Å². The normalized spacial score (nSPS) is 18.5. The number of halogens is 3. The molecular weight excluding hydrogens is 350 g/mol. The first-order chi connectivity index (χ1) is 12.0. The maximum Gasteiger partial charge on any atom is 0.228 e. The zero-order valence-corrected chi connectivity index (χ0v) is 13.8. The average molecular weight is 365 g/mol. The number of carbonyl (C=O) groups excluding carboxylic acids is 2. The SMILES string of the molecule is O=C(NCc1ccccc1Cl)C1CC1C(=O)Nc1ccc(F)cc1F. The molecule has 0 aromatic heterocycles. The van der Waals surface area contributed by atoms with Crippen LogP contribution in [0.3, 0.4) is 0 Å². The Morgan fingerprint density at radius 1 is 1.08 bits per heavy atom. The highest BCUT2D eigenvalue weighted by Crippen LogP contribution is 2.39. The fraction of sp³-hybridized carbons (Fsp3) is 0.222. The summed E-state index contributed by atoms with van der Waals surface area (Å²) in [5, 5.41) is 5.68. The fourth-order valence-electron chi connectivity index (χ4n) is 2.55. The van der Waals surface area contributed by atoms with Gasteiger partial charge in [-0.15, -0.1) is 0 Å². The molecule has 2 unspecified atom stereocenters. The Morgan fingerprint density at radius 2 is 1.80 bits per heavy atom. The molecule has 1 saturated carbocycles. The molecule has 2 aromatic carbocycles. The Morgan fingerprint density at radius 3 is 2.52 bits per heavy atom. The van der Waals surface area contributed by atoms with Crippen LogP contribution < -0.4 is 10.6 Å². The molecule has 2 amide bonds. The molecule has 2 aromatic rings. The maximum atomic E-state index is 13.6. The van der Waals surface area contributed by atoms with Gasteiger partial charge in [-0.1, -0.05) is 29.8 Å². The van der Waals surface area contributed by atoms with Crippen molar-refractivity contribution in [3.05, 3.63) is 64.7 Å². The average Bonchev–Trinajstić information content (AvgIpc) is 3.37. The van der Waals surface area contributed by atoms with Crippen LogP contribution in [-0.2, 0) is 16.1 Å². The summed E-state index contributed by atoms with van der Waals surface area (Å²) in [4.78, 5) is 24.2. The Bertz CT molecular complexity index is 828. The van der Waals surface area contributed by atoms with Gasteiger partial charge >= 0.3 is 0 Å². The van der Waals surface area contributed by atoms with E-state index in [2.05, 4.69) is 10.6 Å². The topological polar surface area (TPSA) is 58.2 Å². The number of carbonyl (C=O) groups is 2. The summed E-state index contributed by atoms with van der Waals surface area (Å²) in [7, 11) is 0. The number of rotatable bonds is 5. The van der Waals surface area contributed by atoms with E-state index in [1.54, 1.807) is 18.2 Å². The third-order valence-electron chi connectivity index (χ3n) is 4.06. The summed E-state index contributed by atoms with van der Waals surface area (Å²) in [5.74, 6) is -3.25. The van der Waals surface area contributed by atoms with Crippen molar-refractivity contribution in [2.45, 2.75) is 13.0 Å². The lowest BCUT2D eigenvalue weighted by Crippen LogP contribution is -2.27. The second-order valence-corrected chi connectivity index (χ2v) is 6.28. The van der Waals surface area contributed by atoms with Crippen molar-refractivity contribution in [2.75, 3.05) is 5.32 Å². The third-order valence-corrected chi connectivity index (χ3v) is 4.43. The van der Waals surface area contributed by atoms with E-state index in [1.807, 2.05) is 6.07 Å². The van der Waals surface area contributed by atoms with Gasteiger partial charge in [-0.3, -0.25) is 9.59 Å². The molecule has 0 saturated heterocycles. The largest absolute Gasteiger partial charge is 0.352 e. The van der Waals surface area contributed by atoms with Gasteiger partial charge in [0, 0.05) is 17.6 Å². The number of nitrogens with one attached hydrogen (secondary N) is 2. The van der Waals surface area contributed by atoms with Gasteiger partial charge < -0.3 is 10.6 Å². The lowest BCUT2D eigenvalue weighted by molar-refractivity contribution is -0.125. The van der Waals surface area contributed by atoms with Crippen LogP contribution >= 0.6 is 11.6 Å². The number of hydrogen-bond acceptors (Lipinski definition) is 2. The summed E-state index contributed by atoms with van der Waals surface area (Å²) >= 11 is 6.02. The monoisotopic (exact) mass is 364 g/mol. The molecule has 1 aliphatic rings. The van der Waals surface area contributed by atoms with E-state index in [1.165, 1.54) is 0 Å². The zero-order valence-electron chi connectivity index (χ0n) is 13.1. The van der Waals surface area contributed by atoms with E-state index in [0.717, 1.165) is 17.7 Å². The minimum absolute atomic E-state index is 0.103. The first kappa shape index (κ1) is 17.4. The molecule has 1 aliphatic carbocycles. The van der Waals surface area contributed by atoms with Crippen LogP contribution in [0.5, 0.6) is 0 Å². The molecule has 130 valence electrons. The Hall–Kier alpha value is -2.47. The molecule has 4 nitrogen and oxygen atoms in total. The molecule has 0 radical (unpaired) electrons. The van der Waals surface area contributed by atoms with Crippen LogP contribution in [0.25, 0.3) is 0 Å². The molecule has 0 spiro atoms. The van der Waals surface area contributed by atoms with Gasteiger partial charge in [0.25, 0.3) is 0 Å². The van der Waals surface area contributed by atoms with Crippen LogP contribution in [0.15, 0.2) is 42.5 Å². The molecule has 0 aliphatic heterocycles. The van der Waals surface area contributed by atoms with Crippen LogP contribution in [0, 0.1) is 23.5 Å². The lowest BCUT2D eigenvalue weighted by Gasteiger charge is -2.08. The Balaban J connectivity index is 1.52. The van der Waals surface area contributed by atoms with E-state index in [-0.39, 0.29) is 18.1 Å². The number of benzene rings is 2. The fourth-order valence-corrected chi connectivity index (χ4v) is 2.75. The van der Waals surface area contributed by atoms with E-state index in [0.29, 0.717) is 17.5 Å². The lowest BCUT2D eigenvalue weighted by atomic mass is 10.2. The highest BCUT2D eigenvalue weighted by Gasteiger charge is 2.48. The van der Waals surface area contributed by atoms with Crippen molar-refractivity contribution in [2.24, 2.45) is 11.8 Å². The van der Waals surface area contributed by atoms with Crippen LogP contribution in [-0.4, -0.2) is 11.8 Å². The molecule has 2 N–H and O–H groups in total. The zero-order chi connectivity index (χ0) is 18.0. The molecular formula is C18H15ClF2N2O2. The van der Waals surface area contributed by atoms with Crippen LogP contribution in [0.1, 0.15) is 12.0 Å². The van der Waals surface area contributed by atoms with Crippen LogP contribution in [0.2, 0.25) is 5.02 Å². The second-order valence-electron chi connectivity index (χ2n) is 5.87. The number of anilines is 1. The van der Waals surface area contributed by atoms with Gasteiger partial charge in [-0.2, -0.15) is 0 Å². The summed E-state index contributed by atoms with van der Waals surface area (Å²) in [6.45, 7) is 0.274. The standard InChI is InChI=1S/C18H15ClF2N2O2/c19-14-4-2-1-3-10(14)9-22-17(24)12-8-13(12)18(25)23-16-6-5-11(20)7-15(16)21/h1-7,12-13H,8-9H2,(H,22,24)(H,23,25). The highest BCUT2D eigenvalue weighted by atomic mass is 35.5. The third kappa shape index (κ3) is 4.14. The van der Waals surface area contributed by atoms with Gasteiger partial charge in [0.2, 0.25) is 11.8 Å². The number of amides is 2. The second kappa shape index (κ2) is 7.19. The van der Waals surface area contributed by atoms with Gasteiger partial charge in [0.1, 0.15) is 11.6 Å². The number of hydrogen-bond donors (Lipinski definition) is 2. The van der Waals surface area contributed by atoms with Crippen molar-refractivity contribution in [1.82, 2.24) is 5.32 Å². The predicted octanol–water partition coefficient (Wildman–Crippen LogP) is 3.51. The van der Waals surface area contributed by atoms with Gasteiger partial charge in [-0.05, 0) is 30.2 Å². The quantitative estimate of drug-likeness (QED) is 0.853. The summed E-state index contributed by atoms with van der Waals surface area (Å²) in [6, 6.07) is 10.0. The smallest absolute Gasteiger partial charge is 0.228 e. The van der Waals surface area contributed by atoms with Crippen molar-refractivity contribution < 1.29 is 18.4 Å². The molecule has 1 fully saturated rings. The highest BCUT2D eigenvalue weighted by molar-refractivity contribution is 6.31. The molecule has 2 atom stereocenters. The van der Waals surface area contributed by atoms with Crippen molar-refractivity contribution in [3.8, 4) is 0 Å². The van der Waals surface area contributed by atoms with E-state index >= 15 is 0 Å². The maximum absolute atomic E-state index is 13.6. The predicted molar refractivity (Wildman–Crippen MR) is 89.9 cm³/mol. The minimum Gasteiger partial charge on any atom is -0.352 e. The van der Waals surface area contributed by atoms with E-state index in [9.17, 15) is 18.4 Å². The van der Waals surface area contributed by atoms with Crippen molar-refractivity contribution in [3.63, 3.8) is 0 Å². The first-order valence-electron chi connectivity index (χ1n) is 7.72. The van der Waals surface area contributed by atoms with Crippen LogP contribution in [0.4, 0.5) is 14.5 Å². The van der Waals surface area contributed by atoms with Gasteiger partial charge in [0.05, 0.1) is 17.5 Å². The summed E-state index contributed by atoms with van der Waals surface area (Å²) in [5.41, 5.74) is 0.682. The van der Waals surface area contributed by atoms with Crippen molar-refractivity contribution in [1.29, 1.82) is 0 Å². The molecule has 3 rings (SSSR count). The first-order valence-corrected chi connectivity index (χ1v) is 8.10. The van der Waals surface area contributed by atoms with E-state index in [4.69, 9.17) is 11.6 Å².